The van der Waals surface area contributed by atoms with Crippen molar-refractivity contribution in [1.82, 2.24) is 10.2 Å². The molecule has 0 saturated carbocycles. The average Bonchev–Trinajstić information content (AvgIpc) is 2.88. The molecule has 0 fully saturated rings. The van der Waals surface area contributed by atoms with Gasteiger partial charge in [-0.15, -0.1) is 0 Å². The molecule has 0 aliphatic rings. The van der Waals surface area contributed by atoms with E-state index < -0.39 is 16.9 Å². The molecule has 0 spiro atoms. The first kappa shape index (κ1) is 28.2. The molecule has 37 heavy (non-hydrogen) atoms. The van der Waals surface area contributed by atoms with Crippen molar-refractivity contribution < 1.29 is 14.5 Å². The van der Waals surface area contributed by atoms with Crippen LogP contribution in [0.4, 0.5) is 5.69 Å². The monoisotopic (exact) mass is 541 g/mol. The molecule has 9 heteroatoms. The van der Waals surface area contributed by atoms with Crippen LogP contribution < -0.4 is 5.32 Å². The van der Waals surface area contributed by atoms with Crippen molar-refractivity contribution in [2.75, 3.05) is 0 Å². The van der Waals surface area contributed by atoms with Crippen LogP contribution in [0.5, 0.6) is 0 Å². The fourth-order valence-electron chi connectivity index (χ4n) is 3.93. The first-order chi connectivity index (χ1) is 17.7. The molecule has 3 rings (SSSR count). The molecular weight excluding hydrogens is 513 g/mol. The molecule has 0 bridgehead atoms. The summed E-state index contributed by atoms with van der Waals surface area (Å²) in [5.41, 5.74) is 1.69. The maximum Gasteiger partial charge on any atom is 0.273 e. The van der Waals surface area contributed by atoms with Gasteiger partial charge in [0.05, 0.1) is 21.4 Å². The number of benzene rings is 3. The van der Waals surface area contributed by atoms with Crippen LogP contribution >= 0.6 is 23.2 Å². The van der Waals surface area contributed by atoms with Crippen LogP contribution in [-0.2, 0) is 29.0 Å². The molecule has 1 N–H and O–H groups in total. The van der Waals surface area contributed by atoms with Gasteiger partial charge in [0.25, 0.3) is 5.69 Å². The van der Waals surface area contributed by atoms with Crippen LogP contribution in [0.1, 0.15) is 37.0 Å². The number of carbonyl (C=O) groups is 2. The van der Waals surface area contributed by atoms with Gasteiger partial charge >= 0.3 is 0 Å². The number of carbonyl (C=O) groups excluding carboxylic acids is 2. The lowest BCUT2D eigenvalue weighted by molar-refractivity contribution is -0.385. The summed E-state index contributed by atoms with van der Waals surface area (Å²) in [5, 5.41) is 15.3. The van der Waals surface area contributed by atoms with Gasteiger partial charge in [-0.05, 0) is 36.6 Å². The molecule has 2 atom stereocenters. The quantitative estimate of drug-likeness (QED) is 0.238. The second-order valence-corrected chi connectivity index (χ2v) is 9.67. The highest BCUT2D eigenvalue weighted by Gasteiger charge is 2.32. The van der Waals surface area contributed by atoms with Crippen LogP contribution in [0, 0.1) is 10.1 Å². The van der Waals surface area contributed by atoms with Crippen molar-refractivity contribution in [3.05, 3.63) is 110 Å². The molecule has 0 saturated heterocycles. The Hall–Kier alpha value is -3.42. The summed E-state index contributed by atoms with van der Waals surface area (Å²) in [5.74, 6) is -0.713. The number of nitrogens with zero attached hydrogens (tertiary/aromatic N) is 2. The number of nitro benzene ring substituents is 1. The third-order valence-corrected chi connectivity index (χ3v) is 6.88. The summed E-state index contributed by atoms with van der Waals surface area (Å²) in [4.78, 5) is 39.9. The van der Waals surface area contributed by atoms with Crippen molar-refractivity contribution in [3.63, 3.8) is 0 Å². The van der Waals surface area contributed by atoms with Crippen molar-refractivity contribution in [3.8, 4) is 0 Å². The van der Waals surface area contributed by atoms with E-state index in [2.05, 4.69) is 5.32 Å². The molecule has 194 valence electrons. The zero-order valence-electron chi connectivity index (χ0n) is 20.7. The van der Waals surface area contributed by atoms with Gasteiger partial charge in [-0.25, -0.2) is 0 Å². The molecule has 3 aromatic rings. The minimum absolute atomic E-state index is 0.0712. The van der Waals surface area contributed by atoms with Gasteiger partial charge < -0.3 is 10.2 Å². The number of hydrogen-bond acceptors (Lipinski definition) is 4. The number of amides is 2. The van der Waals surface area contributed by atoms with Crippen molar-refractivity contribution in [1.29, 1.82) is 0 Å². The predicted molar refractivity (Wildman–Crippen MR) is 146 cm³/mol. The summed E-state index contributed by atoms with van der Waals surface area (Å²) in [6.45, 7) is 3.93. The van der Waals surface area contributed by atoms with Crippen LogP contribution in [-0.4, -0.2) is 33.7 Å². The summed E-state index contributed by atoms with van der Waals surface area (Å²) >= 11 is 12.3. The number of hydrogen-bond donors (Lipinski definition) is 1. The Kier molecular flexibility index (Phi) is 10.1. The Labute approximate surface area is 226 Å². The standard InChI is InChI=1S/C28H29Cl2N3O4/c1-3-19(2)31-28(35)26(16-20-9-5-4-6-10-20)32(18-21-13-14-23(29)24(30)15-21)27(34)17-22-11-7-8-12-25(22)33(36)37/h4-15,19,26H,3,16-18H2,1-2H3,(H,31,35)/t19-,26-/m0/s1. The van der Waals surface area contributed by atoms with Gasteiger partial charge in [-0.1, -0.05) is 84.7 Å². The Morgan fingerprint density at radius 3 is 2.30 bits per heavy atom. The van der Waals surface area contributed by atoms with Gasteiger partial charge in [0.2, 0.25) is 11.8 Å². The molecule has 0 unspecified atom stereocenters. The topological polar surface area (TPSA) is 92.6 Å². The van der Waals surface area contributed by atoms with Gasteiger partial charge in [-0.2, -0.15) is 0 Å². The van der Waals surface area contributed by atoms with E-state index in [-0.39, 0.29) is 42.6 Å². The molecule has 0 heterocycles. The molecular formula is C28H29Cl2N3O4. The summed E-state index contributed by atoms with van der Waals surface area (Å²) < 4.78 is 0. The minimum atomic E-state index is -0.860. The Balaban J connectivity index is 2.04. The first-order valence-electron chi connectivity index (χ1n) is 12.0. The molecule has 0 aliphatic carbocycles. The van der Waals surface area contributed by atoms with Crippen LogP contribution in [0.3, 0.4) is 0 Å². The van der Waals surface area contributed by atoms with Crippen LogP contribution in [0.15, 0.2) is 72.8 Å². The summed E-state index contributed by atoms with van der Waals surface area (Å²) in [7, 11) is 0. The van der Waals surface area contributed by atoms with Crippen molar-refractivity contribution >= 4 is 40.7 Å². The summed E-state index contributed by atoms with van der Waals surface area (Å²) in [6, 6.07) is 19.6. The Morgan fingerprint density at radius 1 is 0.973 bits per heavy atom. The average molecular weight is 542 g/mol. The van der Waals surface area contributed by atoms with Crippen LogP contribution in [0.2, 0.25) is 10.0 Å². The van der Waals surface area contributed by atoms with Crippen molar-refractivity contribution in [2.24, 2.45) is 0 Å². The van der Waals surface area contributed by atoms with E-state index in [0.29, 0.717) is 15.6 Å². The van der Waals surface area contributed by atoms with E-state index >= 15 is 0 Å². The van der Waals surface area contributed by atoms with Gasteiger partial charge in [-0.3, -0.25) is 19.7 Å². The smallest absolute Gasteiger partial charge is 0.273 e. The number of rotatable bonds is 11. The first-order valence-corrected chi connectivity index (χ1v) is 12.7. The molecule has 2 amide bonds. The van der Waals surface area contributed by atoms with Gasteiger partial charge in [0, 0.05) is 30.6 Å². The van der Waals surface area contributed by atoms with E-state index in [1.165, 1.54) is 11.0 Å². The second kappa shape index (κ2) is 13.2. The van der Waals surface area contributed by atoms with Crippen LogP contribution in [0.25, 0.3) is 0 Å². The molecule has 3 aromatic carbocycles. The lowest BCUT2D eigenvalue weighted by atomic mass is 10.0. The Bertz CT molecular complexity index is 1250. The zero-order valence-corrected chi connectivity index (χ0v) is 22.2. The third kappa shape index (κ3) is 7.78. The highest BCUT2D eigenvalue weighted by Crippen LogP contribution is 2.25. The van der Waals surface area contributed by atoms with E-state index in [1.807, 2.05) is 44.2 Å². The van der Waals surface area contributed by atoms with E-state index in [9.17, 15) is 19.7 Å². The van der Waals surface area contributed by atoms with E-state index in [0.717, 1.165) is 12.0 Å². The molecule has 0 aromatic heterocycles. The minimum Gasteiger partial charge on any atom is -0.352 e. The van der Waals surface area contributed by atoms with Gasteiger partial charge in [0.1, 0.15) is 6.04 Å². The predicted octanol–water partition coefficient (Wildman–Crippen LogP) is 6.00. The van der Waals surface area contributed by atoms with Crippen molar-refractivity contribution in [2.45, 2.75) is 51.7 Å². The second-order valence-electron chi connectivity index (χ2n) is 8.86. The molecule has 0 radical (unpaired) electrons. The maximum absolute atomic E-state index is 13.8. The highest BCUT2D eigenvalue weighted by molar-refractivity contribution is 6.42. The number of halogens is 2. The summed E-state index contributed by atoms with van der Waals surface area (Å²) in [6.07, 6.45) is 0.758. The molecule has 0 aliphatic heterocycles. The largest absolute Gasteiger partial charge is 0.352 e. The molecule has 7 nitrogen and oxygen atoms in total. The highest BCUT2D eigenvalue weighted by atomic mass is 35.5. The number of para-hydroxylation sites is 1. The SMILES string of the molecule is CC[C@H](C)NC(=O)[C@H](Cc1ccccc1)N(Cc1ccc(Cl)c(Cl)c1)C(=O)Cc1ccccc1[N+](=O)[O-]. The third-order valence-electron chi connectivity index (χ3n) is 6.14. The normalized spacial score (nSPS) is 12.4. The number of nitrogens with one attached hydrogen (secondary N) is 1. The fraction of sp³-hybridized carbons (Fsp3) is 0.286. The Morgan fingerprint density at radius 2 is 1.65 bits per heavy atom. The fourth-order valence-corrected chi connectivity index (χ4v) is 4.25. The lowest BCUT2D eigenvalue weighted by Gasteiger charge is -2.32. The van der Waals surface area contributed by atoms with E-state index in [4.69, 9.17) is 23.2 Å². The number of nitro groups is 1. The lowest BCUT2D eigenvalue weighted by Crippen LogP contribution is -2.52. The maximum atomic E-state index is 13.8. The van der Waals surface area contributed by atoms with Gasteiger partial charge in [0.15, 0.2) is 0 Å². The van der Waals surface area contributed by atoms with E-state index in [1.54, 1.807) is 36.4 Å². The zero-order chi connectivity index (χ0) is 26.9.